The van der Waals surface area contributed by atoms with Crippen LogP contribution in [-0.2, 0) is 4.79 Å². The molecule has 1 aliphatic heterocycles. The van der Waals surface area contributed by atoms with Crippen molar-refractivity contribution >= 4 is 34.6 Å². The Morgan fingerprint density at radius 2 is 1.75 bits per heavy atom. The summed E-state index contributed by atoms with van der Waals surface area (Å²) in [6.45, 7) is 0. The molecule has 0 saturated heterocycles. The van der Waals surface area contributed by atoms with Crippen molar-refractivity contribution in [1.82, 2.24) is 0 Å². The Bertz CT molecular complexity index is 1080. The van der Waals surface area contributed by atoms with E-state index in [1.165, 1.54) is 24.3 Å². The highest BCUT2D eigenvalue weighted by atomic mass is 35.5. The third-order valence-corrected chi connectivity index (χ3v) is 4.37. The summed E-state index contributed by atoms with van der Waals surface area (Å²) in [6.07, 6.45) is -1.09. The van der Waals surface area contributed by atoms with Crippen molar-refractivity contribution in [3.8, 4) is 0 Å². The van der Waals surface area contributed by atoms with Crippen LogP contribution in [0.4, 0.5) is 15.8 Å². The van der Waals surface area contributed by atoms with Crippen molar-refractivity contribution in [3.05, 3.63) is 94.8 Å². The molecule has 4 rings (SSSR count). The first-order valence-electron chi connectivity index (χ1n) is 8.50. The quantitative estimate of drug-likeness (QED) is 0.597. The number of azo groups is 1. The van der Waals surface area contributed by atoms with Crippen molar-refractivity contribution < 1.29 is 9.18 Å². The van der Waals surface area contributed by atoms with Crippen molar-refractivity contribution in [2.45, 2.75) is 6.17 Å². The highest BCUT2D eigenvalue weighted by Gasteiger charge is 2.26. The third-order valence-electron chi connectivity index (χ3n) is 4.14. The molecule has 0 aliphatic carbocycles. The largest absolute Gasteiger partial charge is 0.322 e. The van der Waals surface area contributed by atoms with Gasteiger partial charge < -0.3 is 5.32 Å². The molecule has 0 aromatic heterocycles. The lowest BCUT2D eigenvalue weighted by Crippen LogP contribution is -2.23. The fourth-order valence-electron chi connectivity index (χ4n) is 2.80. The Morgan fingerprint density at radius 3 is 2.50 bits per heavy atom. The maximum absolute atomic E-state index is 13.1. The van der Waals surface area contributed by atoms with Gasteiger partial charge in [-0.15, -0.1) is 0 Å². The van der Waals surface area contributed by atoms with Gasteiger partial charge in [0.05, 0.1) is 17.1 Å². The number of carbonyl (C=O) groups is 1. The fourth-order valence-corrected chi connectivity index (χ4v) is 2.97. The van der Waals surface area contributed by atoms with E-state index in [2.05, 4.69) is 20.5 Å². The molecular formula is C21H14ClFN4O. The second-order valence-corrected chi connectivity index (χ2v) is 6.52. The molecule has 3 aromatic rings. The van der Waals surface area contributed by atoms with Crippen LogP contribution in [0.25, 0.3) is 0 Å². The number of carbonyl (C=O) groups excluding carboxylic acids is 1. The number of fused-ring (bicyclic) bond motifs is 1. The zero-order chi connectivity index (χ0) is 19.5. The monoisotopic (exact) mass is 392 g/mol. The predicted molar refractivity (Wildman–Crippen MR) is 107 cm³/mol. The zero-order valence-electron chi connectivity index (χ0n) is 14.5. The minimum Gasteiger partial charge on any atom is -0.322 e. The van der Waals surface area contributed by atoms with Crippen LogP contribution in [0.5, 0.6) is 0 Å². The molecule has 7 heteroatoms. The van der Waals surface area contributed by atoms with Crippen molar-refractivity contribution in [1.29, 1.82) is 0 Å². The second-order valence-electron chi connectivity index (χ2n) is 6.09. The highest BCUT2D eigenvalue weighted by Crippen LogP contribution is 2.28. The van der Waals surface area contributed by atoms with E-state index in [1.54, 1.807) is 18.2 Å². The number of rotatable bonds is 3. The number of aliphatic imine (C=N–C) groups is 1. The first kappa shape index (κ1) is 18.0. The maximum Gasteiger partial charge on any atom is 0.273 e. The lowest BCUT2D eigenvalue weighted by molar-refractivity contribution is -0.117. The lowest BCUT2D eigenvalue weighted by atomic mass is 10.0. The molecule has 0 saturated carbocycles. The SMILES string of the molecule is O=C1Nc2ccc(Cl)cc2C(c2ccccc2)=NC1N=Nc1ccc(F)cc1. The molecule has 138 valence electrons. The van der Waals surface area contributed by atoms with E-state index < -0.39 is 12.1 Å². The van der Waals surface area contributed by atoms with Gasteiger partial charge in [0.2, 0.25) is 6.17 Å². The summed E-state index contributed by atoms with van der Waals surface area (Å²) in [4.78, 5) is 17.2. The van der Waals surface area contributed by atoms with Gasteiger partial charge in [-0.1, -0.05) is 41.9 Å². The van der Waals surface area contributed by atoms with E-state index in [-0.39, 0.29) is 5.82 Å². The molecule has 28 heavy (non-hydrogen) atoms. The summed E-state index contributed by atoms with van der Waals surface area (Å²) in [6, 6.07) is 20.1. The molecule has 1 atom stereocenters. The van der Waals surface area contributed by atoms with Crippen LogP contribution >= 0.6 is 11.6 Å². The number of nitrogens with one attached hydrogen (secondary N) is 1. The van der Waals surface area contributed by atoms with E-state index in [4.69, 9.17) is 11.6 Å². The van der Waals surface area contributed by atoms with Gasteiger partial charge >= 0.3 is 0 Å². The predicted octanol–water partition coefficient (Wildman–Crippen LogP) is 5.38. The van der Waals surface area contributed by atoms with Gasteiger partial charge in [-0.05, 0) is 42.5 Å². The minimum atomic E-state index is -1.09. The van der Waals surface area contributed by atoms with Crippen LogP contribution in [0.1, 0.15) is 11.1 Å². The Balaban J connectivity index is 1.78. The molecule has 1 N–H and O–H groups in total. The van der Waals surface area contributed by atoms with Gasteiger partial charge in [0, 0.05) is 16.1 Å². The molecule has 0 spiro atoms. The lowest BCUT2D eigenvalue weighted by Gasteiger charge is -2.10. The van der Waals surface area contributed by atoms with Gasteiger partial charge in [0.25, 0.3) is 5.91 Å². The van der Waals surface area contributed by atoms with Crippen molar-refractivity contribution in [3.63, 3.8) is 0 Å². The van der Waals surface area contributed by atoms with Crippen LogP contribution in [-0.4, -0.2) is 17.8 Å². The van der Waals surface area contributed by atoms with Crippen LogP contribution in [0.2, 0.25) is 5.02 Å². The van der Waals surface area contributed by atoms with Crippen molar-refractivity contribution in [2.75, 3.05) is 5.32 Å². The molecule has 1 aliphatic rings. The topological polar surface area (TPSA) is 66.2 Å². The number of hydrogen-bond acceptors (Lipinski definition) is 4. The molecule has 1 unspecified atom stereocenters. The number of halogens is 2. The van der Waals surface area contributed by atoms with E-state index in [0.717, 1.165) is 5.56 Å². The summed E-state index contributed by atoms with van der Waals surface area (Å²) in [5.41, 5.74) is 3.13. The first-order valence-corrected chi connectivity index (χ1v) is 8.88. The Kier molecular flexibility index (Phi) is 4.95. The summed E-state index contributed by atoms with van der Waals surface area (Å²) in [5, 5.41) is 11.5. The first-order chi connectivity index (χ1) is 13.6. The number of hydrogen-bond donors (Lipinski definition) is 1. The van der Waals surface area contributed by atoms with Crippen LogP contribution in [0, 0.1) is 5.82 Å². The van der Waals surface area contributed by atoms with E-state index in [1.807, 2.05) is 30.3 Å². The Hall–Kier alpha value is -3.38. The molecule has 5 nitrogen and oxygen atoms in total. The second kappa shape index (κ2) is 7.70. The molecule has 3 aromatic carbocycles. The molecule has 1 heterocycles. The average molecular weight is 393 g/mol. The van der Waals surface area contributed by atoms with Gasteiger partial charge in [-0.25, -0.2) is 9.38 Å². The number of benzene rings is 3. The number of amides is 1. The fraction of sp³-hybridized carbons (Fsp3) is 0.0476. The Morgan fingerprint density at radius 1 is 1.00 bits per heavy atom. The van der Waals surface area contributed by atoms with Gasteiger partial charge in [0.1, 0.15) is 5.82 Å². The van der Waals surface area contributed by atoms with Crippen LogP contribution < -0.4 is 5.32 Å². The van der Waals surface area contributed by atoms with Crippen molar-refractivity contribution in [2.24, 2.45) is 15.2 Å². The summed E-state index contributed by atoms with van der Waals surface area (Å²) in [5.74, 6) is -0.789. The number of benzodiazepines with no additional fused rings is 1. The van der Waals surface area contributed by atoms with Gasteiger partial charge in [0.15, 0.2) is 0 Å². The van der Waals surface area contributed by atoms with E-state index in [9.17, 15) is 9.18 Å². The van der Waals surface area contributed by atoms with Gasteiger partial charge in [-0.2, -0.15) is 10.2 Å². The standard InChI is InChI=1S/C21H14ClFN4O/c22-14-6-11-18-17(12-14)19(13-4-2-1-3-5-13)25-20(21(28)24-18)27-26-16-9-7-15(23)8-10-16/h1-12,20H,(H,24,28). The zero-order valence-corrected chi connectivity index (χ0v) is 15.3. The number of anilines is 1. The minimum absolute atomic E-state index is 0.372. The van der Waals surface area contributed by atoms with Gasteiger partial charge in [-0.3, -0.25) is 4.79 Å². The molecular weight excluding hydrogens is 379 g/mol. The van der Waals surface area contributed by atoms with Crippen LogP contribution in [0.3, 0.4) is 0 Å². The number of nitrogens with zero attached hydrogens (tertiary/aromatic N) is 3. The third kappa shape index (κ3) is 3.82. The molecule has 1 amide bonds. The normalized spacial score (nSPS) is 16.3. The summed E-state index contributed by atoms with van der Waals surface area (Å²) >= 11 is 6.17. The molecule has 0 radical (unpaired) electrons. The average Bonchev–Trinajstić information content (AvgIpc) is 2.84. The highest BCUT2D eigenvalue weighted by molar-refractivity contribution is 6.32. The maximum atomic E-state index is 13.1. The smallest absolute Gasteiger partial charge is 0.273 e. The summed E-state index contributed by atoms with van der Waals surface area (Å²) in [7, 11) is 0. The summed E-state index contributed by atoms with van der Waals surface area (Å²) < 4.78 is 13.1. The van der Waals surface area contributed by atoms with E-state index >= 15 is 0 Å². The molecule has 0 bridgehead atoms. The van der Waals surface area contributed by atoms with Crippen LogP contribution in [0.15, 0.2) is 88.0 Å². The Labute approximate surface area is 165 Å². The molecule has 0 fully saturated rings. The van der Waals surface area contributed by atoms with E-state index in [0.29, 0.717) is 27.7 Å².